The van der Waals surface area contributed by atoms with Crippen LogP contribution in [-0.2, 0) is 39.8 Å². The van der Waals surface area contributed by atoms with Crippen LogP contribution in [0.2, 0.25) is 0 Å². The van der Waals surface area contributed by atoms with Crippen LogP contribution in [0.5, 0.6) is 0 Å². The van der Waals surface area contributed by atoms with Gasteiger partial charge >= 0.3 is 5.97 Å². The van der Waals surface area contributed by atoms with Crippen molar-refractivity contribution in [3.8, 4) is 0 Å². The number of esters is 1. The monoisotopic (exact) mass is 846 g/mol. The van der Waals surface area contributed by atoms with E-state index in [1.807, 2.05) is 75.9 Å². The molecule has 1 N–H and O–H groups in total. The lowest BCUT2D eigenvalue weighted by Crippen LogP contribution is -2.54. The second-order valence-electron chi connectivity index (χ2n) is 17.7. The number of methoxy groups -OCH3 is 3. The Labute approximate surface area is 366 Å². The molecule has 2 amide bonds. The van der Waals surface area contributed by atoms with Crippen LogP contribution < -0.4 is 5.32 Å². The molecule has 11 heteroatoms. The number of amides is 2. The van der Waals surface area contributed by atoms with Gasteiger partial charge < -0.3 is 29.3 Å². The van der Waals surface area contributed by atoms with Crippen LogP contribution in [0.3, 0.4) is 0 Å². The standard InChI is InChI=1S/C50H75N3O8/c1-13-34(6)47(52(9)49(57)40(32(2)3)30-43(55)46(51-8)33(4)5)44(59-10)31-45(56)53-27-17-20-41(53)48(60-11)35(7)42(54)29-38(28-37-18-15-14-16-19-37)22-21-36-23-25-39(26-24-36)50(58)61-12/h14-16,18-19,21-26,32-35,38,40-41,44,46-48,51H,13,17,20,27-31H2,1-12H3/b22-21+/t34-,35-,38+,40-,41-,44+,46-,47-,48+/m0/s1. The number of rotatable bonds is 25. The van der Waals surface area contributed by atoms with Gasteiger partial charge in [0.15, 0.2) is 5.78 Å². The Bertz CT molecular complexity index is 1730. The van der Waals surface area contributed by atoms with E-state index in [4.69, 9.17) is 14.2 Å². The maximum atomic E-state index is 14.4. The average molecular weight is 846 g/mol. The quantitative estimate of drug-likeness (QED) is 0.1000. The number of hydrogen-bond donors (Lipinski definition) is 1. The van der Waals surface area contributed by atoms with Crippen molar-refractivity contribution in [2.45, 2.75) is 124 Å². The van der Waals surface area contributed by atoms with Crippen molar-refractivity contribution < 1.29 is 38.2 Å². The second-order valence-corrected chi connectivity index (χ2v) is 17.7. The van der Waals surface area contributed by atoms with Gasteiger partial charge in [-0.05, 0) is 73.2 Å². The van der Waals surface area contributed by atoms with Gasteiger partial charge in [0.1, 0.15) is 5.78 Å². The van der Waals surface area contributed by atoms with Crippen molar-refractivity contribution in [1.82, 2.24) is 15.1 Å². The van der Waals surface area contributed by atoms with E-state index in [-0.39, 0.29) is 78.4 Å². The third-order valence-corrected chi connectivity index (χ3v) is 12.9. The third-order valence-electron chi connectivity index (χ3n) is 12.9. The number of hydrogen-bond acceptors (Lipinski definition) is 9. The number of Topliss-reactive ketones (excluding diaryl/α,β-unsaturated/α-hetero) is 2. The number of likely N-dealkylation sites (tertiary alicyclic amines) is 1. The first kappa shape index (κ1) is 51.2. The number of nitrogens with zero attached hydrogens (tertiary/aromatic N) is 2. The maximum Gasteiger partial charge on any atom is 0.337 e. The first-order valence-corrected chi connectivity index (χ1v) is 22.3. The molecule has 0 saturated carbocycles. The zero-order chi connectivity index (χ0) is 45.4. The molecule has 0 aromatic heterocycles. The highest BCUT2D eigenvalue weighted by Crippen LogP contribution is 2.32. The highest BCUT2D eigenvalue weighted by atomic mass is 16.5. The van der Waals surface area contributed by atoms with Crippen molar-refractivity contribution in [3.63, 3.8) is 0 Å². The Morgan fingerprint density at radius 2 is 1.51 bits per heavy atom. The molecule has 338 valence electrons. The summed E-state index contributed by atoms with van der Waals surface area (Å²) < 4.78 is 17.0. The summed E-state index contributed by atoms with van der Waals surface area (Å²) in [6.45, 7) is 14.5. The second kappa shape index (κ2) is 25.1. The van der Waals surface area contributed by atoms with Crippen LogP contribution in [0.4, 0.5) is 0 Å². The first-order chi connectivity index (χ1) is 29.0. The largest absolute Gasteiger partial charge is 0.465 e. The van der Waals surface area contributed by atoms with Gasteiger partial charge in [0, 0.05) is 52.5 Å². The molecule has 1 saturated heterocycles. The summed E-state index contributed by atoms with van der Waals surface area (Å²) in [5.41, 5.74) is 2.49. The van der Waals surface area contributed by atoms with E-state index in [2.05, 4.69) is 37.4 Å². The number of likely N-dealkylation sites (N-methyl/N-ethyl adjacent to an activating group) is 2. The predicted octanol–water partition coefficient (Wildman–Crippen LogP) is 7.70. The Morgan fingerprint density at radius 1 is 0.852 bits per heavy atom. The zero-order valence-electron chi connectivity index (χ0n) is 39.0. The number of ketones is 2. The molecule has 0 bridgehead atoms. The summed E-state index contributed by atoms with van der Waals surface area (Å²) >= 11 is 0. The van der Waals surface area contributed by atoms with Gasteiger partial charge in [0.05, 0.1) is 49.4 Å². The van der Waals surface area contributed by atoms with Crippen LogP contribution >= 0.6 is 0 Å². The van der Waals surface area contributed by atoms with Crippen molar-refractivity contribution in [3.05, 3.63) is 77.4 Å². The van der Waals surface area contributed by atoms with Gasteiger partial charge in [-0.1, -0.05) is 110 Å². The van der Waals surface area contributed by atoms with Gasteiger partial charge in [-0.2, -0.15) is 0 Å². The first-order valence-electron chi connectivity index (χ1n) is 22.3. The molecular formula is C50H75N3O8. The van der Waals surface area contributed by atoms with Gasteiger partial charge in [0.2, 0.25) is 11.8 Å². The number of allylic oxidation sites excluding steroid dienone is 1. The van der Waals surface area contributed by atoms with Gasteiger partial charge in [-0.3, -0.25) is 19.2 Å². The van der Waals surface area contributed by atoms with E-state index in [9.17, 15) is 24.0 Å². The fourth-order valence-corrected chi connectivity index (χ4v) is 9.08. The van der Waals surface area contributed by atoms with E-state index in [1.54, 1.807) is 45.3 Å². The normalized spacial score (nSPS) is 18.3. The molecule has 1 aliphatic rings. The summed E-state index contributed by atoms with van der Waals surface area (Å²) in [5, 5.41) is 3.12. The number of carbonyl (C=O) groups is 5. The minimum absolute atomic E-state index is 0.00628. The molecule has 1 aliphatic heterocycles. The van der Waals surface area contributed by atoms with Crippen LogP contribution in [0.15, 0.2) is 60.7 Å². The fraction of sp³-hybridized carbons (Fsp3) is 0.620. The van der Waals surface area contributed by atoms with Crippen molar-refractivity contribution in [2.75, 3.05) is 42.0 Å². The minimum atomic E-state index is -0.593. The summed E-state index contributed by atoms with van der Waals surface area (Å²) in [6.07, 6.45) is 6.32. The van der Waals surface area contributed by atoms with Gasteiger partial charge in [0.25, 0.3) is 0 Å². The molecule has 0 spiro atoms. The number of nitrogens with one attached hydrogen (secondary N) is 1. The number of ether oxygens (including phenoxy) is 3. The maximum absolute atomic E-state index is 14.4. The van der Waals surface area contributed by atoms with Crippen LogP contribution in [0, 0.1) is 35.5 Å². The van der Waals surface area contributed by atoms with Crippen LogP contribution in [-0.4, -0.2) is 111 Å². The van der Waals surface area contributed by atoms with E-state index < -0.39 is 36.1 Å². The fourth-order valence-electron chi connectivity index (χ4n) is 9.08. The average Bonchev–Trinajstić information content (AvgIpc) is 3.74. The van der Waals surface area contributed by atoms with Crippen molar-refractivity contribution in [1.29, 1.82) is 0 Å². The third kappa shape index (κ3) is 14.2. The summed E-state index contributed by atoms with van der Waals surface area (Å²) in [5.74, 6) is -1.63. The molecule has 0 radical (unpaired) electrons. The SMILES string of the molecule is CC[C@H](C)[C@@H]([C@@H](CC(=O)N1CCC[C@H]1[C@H](OC)[C@@H](C)C(=O)C[C@H](/C=C/c1ccc(C(=O)OC)cc1)Cc1ccccc1)OC)N(C)C(=O)[C@@H](CC(=O)[C@@H](NC)C(C)C)C(C)C. The molecule has 9 atom stereocenters. The Balaban J connectivity index is 1.81. The van der Waals surface area contributed by atoms with Crippen LogP contribution in [0.1, 0.15) is 108 Å². The van der Waals surface area contributed by atoms with E-state index in [1.165, 1.54) is 7.11 Å². The molecule has 2 aromatic rings. The molecule has 11 nitrogen and oxygen atoms in total. The highest BCUT2D eigenvalue weighted by Gasteiger charge is 2.43. The molecule has 3 rings (SSSR count). The summed E-state index contributed by atoms with van der Waals surface area (Å²) in [4.78, 5) is 71.8. The lowest BCUT2D eigenvalue weighted by Gasteiger charge is -2.41. The number of carbonyl (C=O) groups excluding carboxylic acids is 5. The Kier molecular flexibility index (Phi) is 21.0. The lowest BCUT2D eigenvalue weighted by molar-refractivity contribution is -0.149. The number of benzene rings is 2. The molecule has 0 unspecified atom stereocenters. The van der Waals surface area contributed by atoms with Crippen molar-refractivity contribution in [2.24, 2.45) is 35.5 Å². The Morgan fingerprint density at radius 3 is 2.05 bits per heavy atom. The van der Waals surface area contributed by atoms with E-state index in [0.29, 0.717) is 24.9 Å². The summed E-state index contributed by atoms with van der Waals surface area (Å²) in [6, 6.07) is 16.2. The van der Waals surface area contributed by atoms with Gasteiger partial charge in [-0.15, -0.1) is 0 Å². The highest BCUT2D eigenvalue weighted by molar-refractivity contribution is 5.90. The Hall–Kier alpha value is -4.19. The molecule has 1 heterocycles. The summed E-state index contributed by atoms with van der Waals surface area (Å²) in [7, 11) is 8.11. The van der Waals surface area contributed by atoms with Crippen molar-refractivity contribution >= 4 is 35.4 Å². The molecule has 1 fully saturated rings. The molecular weight excluding hydrogens is 771 g/mol. The van der Waals surface area contributed by atoms with E-state index in [0.717, 1.165) is 24.0 Å². The zero-order valence-corrected chi connectivity index (χ0v) is 39.0. The van der Waals surface area contributed by atoms with E-state index >= 15 is 0 Å². The molecule has 61 heavy (non-hydrogen) atoms. The van der Waals surface area contributed by atoms with Crippen LogP contribution in [0.25, 0.3) is 6.08 Å². The minimum Gasteiger partial charge on any atom is -0.465 e. The van der Waals surface area contributed by atoms with Gasteiger partial charge in [-0.25, -0.2) is 4.79 Å². The topological polar surface area (TPSA) is 132 Å². The smallest absolute Gasteiger partial charge is 0.337 e. The lowest BCUT2D eigenvalue weighted by atomic mass is 9.84. The predicted molar refractivity (Wildman–Crippen MR) is 242 cm³/mol. The molecule has 2 aromatic carbocycles. The molecule has 0 aliphatic carbocycles.